The van der Waals surface area contributed by atoms with Crippen molar-refractivity contribution < 1.29 is 10.0 Å². The van der Waals surface area contributed by atoms with Crippen molar-refractivity contribution in [1.82, 2.24) is 14.6 Å². The highest BCUT2D eigenvalue weighted by Crippen LogP contribution is 2.35. The number of thiazole rings is 1. The number of likely N-dealkylation sites (tertiary alicyclic amines) is 1. The van der Waals surface area contributed by atoms with Gasteiger partial charge in [0.25, 0.3) is 0 Å². The first-order valence-electron chi connectivity index (χ1n) is 9.07. The molecule has 1 saturated heterocycles. The predicted octanol–water partition coefficient (Wildman–Crippen LogP) is 3.11. The third-order valence-corrected chi connectivity index (χ3v) is 6.54. The Hall–Kier alpha value is -1.63. The molecule has 7 heteroatoms. The molecule has 0 unspecified atom stereocenters. The summed E-state index contributed by atoms with van der Waals surface area (Å²) in [6, 6.07) is 8.07. The molecule has 0 spiro atoms. The largest absolute Gasteiger partial charge is 0.492 e. The minimum atomic E-state index is 0.0614. The Morgan fingerprint density at radius 3 is 2.50 bits per heavy atom. The summed E-state index contributed by atoms with van der Waals surface area (Å²) in [5, 5.41) is 15.9. The van der Waals surface area contributed by atoms with Crippen molar-refractivity contribution in [2.24, 2.45) is 11.8 Å². The van der Waals surface area contributed by atoms with E-state index in [1.54, 1.807) is 4.52 Å². The molecule has 4 rings (SSSR count). The Morgan fingerprint density at radius 2 is 1.88 bits per heavy atom. The quantitative estimate of drug-likeness (QED) is 0.721. The third-order valence-electron chi connectivity index (χ3n) is 5.21. The van der Waals surface area contributed by atoms with Gasteiger partial charge in [0, 0.05) is 22.4 Å². The van der Waals surface area contributed by atoms with Crippen molar-refractivity contribution in [3.8, 4) is 5.88 Å². The van der Waals surface area contributed by atoms with E-state index in [1.807, 2.05) is 19.1 Å². The summed E-state index contributed by atoms with van der Waals surface area (Å²) in [6.45, 7) is 8.66. The molecule has 0 aliphatic carbocycles. The minimum Gasteiger partial charge on any atom is -0.492 e. The van der Waals surface area contributed by atoms with E-state index in [1.165, 1.54) is 28.2 Å². The summed E-state index contributed by atoms with van der Waals surface area (Å²) >= 11 is 7.65. The predicted molar refractivity (Wildman–Crippen MR) is 104 cm³/mol. The molecule has 1 aliphatic rings. The molecule has 0 amide bonds. The van der Waals surface area contributed by atoms with E-state index in [9.17, 15) is 5.11 Å². The molecule has 0 saturated carbocycles. The Morgan fingerprint density at radius 1 is 1.23 bits per heavy atom. The minimum absolute atomic E-state index is 0.0614. The van der Waals surface area contributed by atoms with Crippen LogP contribution in [0.25, 0.3) is 4.96 Å². The highest BCUT2D eigenvalue weighted by molar-refractivity contribution is 7.17. The van der Waals surface area contributed by atoms with Crippen LogP contribution in [-0.4, -0.2) is 32.8 Å². The van der Waals surface area contributed by atoms with Gasteiger partial charge in [-0.2, -0.15) is 4.52 Å². The van der Waals surface area contributed by atoms with Gasteiger partial charge in [0.1, 0.15) is 10.7 Å². The number of halogens is 1. The number of nitrogens with zero attached hydrogens (tertiary/aromatic N) is 3. The van der Waals surface area contributed by atoms with Crippen LogP contribution in [0.3, 0.4) is 0 Å². The summed E-state index contributed by atoms with van der Waals surface area (Å²) in [4.78, 5) is 7.59. The van der Waals surface area contributed by atoms with E-state index in [2.05, 4.69) is 36.1 Å². The van der Waals surface area contributed by atoms with Crippen molar-refractivity contribution in [3.05, 3.63) is 45.6 Å². The van der Waals surface area contributed by atoms with Gasteiger partial charge >= 0.3 is 0 Å². The van der Waals surface area contributed by atoms with Crippen LogP contribution in [0.15, 0.2) is 24.3 Å². The second kappa shape index (κ2) is 6.83. The molecule has 3 atom stereocenters. The molecule has 1 fully saturated rings. The Balaban J connectivity index is 1.82. The first kappa shape index (κ1) is 17.8. The Labute approximate surface area is 162 Å². The second-order valence-electron chi connectivity index (χ2n) is 7.64. The summed E-state index contributed by atoms with van der Waals surface area (Å²) in [6.07, 6.45) is 1.26. The topological polar surface area (TPSA) is 54.9 Å². The molecule has 138 valence electrons. The lowest BCUT2D eigenvalue weighted by Crippen LogP contribution is -3.14. The van der Waals surface area contributed by atoms with Gasteiger partial charge < -0.3 is 10.0 Å². The zero-order valence-corrected chi connectivity index (χ0v) is 16.8. The SMILES string of the molecule is Cc1nc2sc([C@H](c3ccc(Cl)cc3)[NH+]3C[C@@H](C)C[C@H](C)C3)c(O)n2n1. The number of benzene rings is 1. The van der Waals surface area contributed by atoms with Crippen LogP contribution in [0, 0.1) is 18.8 Å². The lowest BCUT2D eigenvalue weighted by atomic mass is 9.89. The molecule has 26 heavy (non-hydrogen) atoms. The number of quaternary nitrogens is 1. The fourth-order valence-corrected chi connectivity index (χ4v) is 5.64. The first-order chi connectivity index (χ1) is 12.4. The smallest absolute Gasteiger partial charge is 0.235 e. The van der Waals surface area contributed by atoms with Crippen LogP contribution in [0.2, 0.25) is 5.02 Å². The van der Waals surface area contributed by atoms with Gasteiger partial charge in [0.15, 0.2) is 6.04 Å². The van der Waals surface area contributed by atoms with Gasteiger partial charge in [0.05, 0.1) is 13.1 Å². The molecule has 2 aromatic heterocycles. The van der Waals surface area contributed by atoms with Gasteiger partial charge in [-0.3, -0.25) is 0 Å². The standard InChI is InChI=1S/C19H23ClN4OS/c1-11-8-12(2)10-23(9-11)16(14-4-6-15(20)7-5-14)17-18(25)24-19(26-17)21-13(3)22-24/h4-7,11-12,16,25H,8-10H2,1-3H3/p+1/t11-,12-,16-/m0/s1. The number of rotatable bonds is 3. The maximum absolute atomic E-state index is 10.9. The molecular formula is C19H24ClN4OS+. The highest BCUT2D eigenvalue weighted by Gasteiger charge is 2.37. The number of nitrogens with one attached hydrogen (secondary N) is 1. The fourth-order valence-electron chi connectivity index (χ4n) is 4.33. The average molecular weight is 392 g/mol. The monoisotopic (exact) mass is 391 g/mol. The van der Waals surface area contributed by atoms with Gasteiger partial charge in [-0.1, -0.05) is 48.9 Å². The molecule has 2 N–H and O–H groups in total. The average Bonchev–Trinajstić information content (AvgIpc) is 3.07. The number of fused-ring (bicyclic) bond motifs is 1. The van der Waals surface area contributed by atoms with Crippen LogP contribution < -0.4 is 4.90 Å². The summed E-state index contributed by atoms with van der Waals surface area (Å²) in [5.74, 6) is 2.21. The molecular weight excluding hydrogens is 368 g/mol. The number of aryl methyl sites for hydroxylation is 1. The fraction of sp³-hybridized carbons (Fsp3) is 0.474. The zero-order chi connectivity index (χ0) is 18.4. The van der Waals surface area contributed by atoms with Crippen molar-refractivity contribution in [1.29, 1.82) is 0 Å². The lowest BCUT2D eigenvalue weighted by molar-refractivity contribution is -0.936. The molecule has 0 bridgehead atoms. The molecule has 3 heterocycles. The number of aromatic hydroxyl groups is 1. The van der Waals surface area contributed by atoms with E-state index in [4.69, 9.17) is 11.6 Å². The molecule has 3 aromatic rings. The molecule has 0 radical (unpaired) electrons. The van der Waals surface area contributed by atoms with Crippen molar-refractivity contribution >= 4 is 27.9 Å². The summed E-state index contributed by atoms with van der Waals surface area (Å²) in [7, 11) is 0. The van der Waals surface area contributed by atoms with Crippen LogP contribution in [0.1, 0.15) is 42.6 Å². The second-order valence-corrected chi connectivity index (χ2v) is 9.09. The first-order valence-corrected chi connectivity index (χ1v) is 10.3. The van der Waals surface area contributed by atoms with Crippen molar-refractivity contribution in [3.63, 3.8) is 0 Å². The van der Waals surface area contributed by atoms with E-state index in [-0.39, 0.29) is 11.9 Å². The van der Waals surface area contributed by atoms with Crippen molar-refractivity contribution in [2.45, 2.75) is 33.2 Å². The Kier molecular flexibility index (Phi) is 4.67. The van der Waals surface area contributed by atoms with Gasteiger partial charge in [-0.25, -0.2) is 4.98 Å². The van der Waals surface area contributed by atoms with Crippen LogP contribution in [0.5, 0.6) is 5.88 Å². The highest BCUT2D eigenvalue weighted by atomic mass is 35.5. The van der Waals surface area contributed by atoms with E-state index < -0.39 is 0 Å². The van der Waals surface area contributed by atoms with Gasteiger partial charge in [-0.05, 0) is 25.5 Å². The van der Waals surface area contributed by atoms with Gasteiger partial charge in [-0.15, -0.1) is 5.10 Å². The Bertz CT molecular complexity index is 910. The van der Waals surface area contributed by atoms with Crippen LogP contribution in [0.4, 0.5) is 0 Å². The zero-order valence-electron chi connectivity index (χ0n) is 15.2. The number of hydrogen-bond donors (Lipinski definition) is 2. The van der Waals surface area contributed by atoms with E-state index in [0.29, 0.717) is 17.7 Å². The van der Waals surface area contributed by atoms with Crippen molar-refractivity contribution in [2.75, 3.05) is 13.1 Å². The van der Waals surface area contributed by atoms with Crippen LogP contribution in [-0.2, 0) is 0 Å². The number of piperidine rings is 1. The third kappa shape index (κ3) is 3.21. The lowest BCUT2D eigenvalue weighted by Gasteiger charge is -2.37. The maximum atomic E-state index is 10.9. The molecule has 1 aromatic carbocycles. The van der Waals surface area contributed by atoms with E-state index in [0.717, 1.165) is 28.0 Å². The maximum Gasteiger partial charge on any atom is 0.235 e. The summed E-state index contributed by atoms with van der Waals surface area (Å²) in [5.41, 5.74) is 1.17. The molecule has 5 nitrogen and oxygen atoms in total. The number of aromatic nitrogens is 3. The number of hydrogen-bond acceptors (Lipinski definition) is 4. The normalized spacial score (nSPS) is 24.8. The van der Waals surface area contributed by atoms with Crippen LogP contribution >= 0.6 is 22.9 Å². The summed E-state index contributed by atoms with van der Waals surface area (Å²) < 4.78 is 1.56. The van der Waals surface area contributed by atoms with E-state index >= 15 is 0 Å². The van der Waals surface area contributed by atoms with Gasteiger partial charge in [0.2, 0.25) is 10.8 Å². The molecule has 1 aliphatic heterocycles.